The molecule has 0 radical (unpaired) electrons. The first-order chi connectivity index (χ1) is 17.6. The summed E-state index contributed by atoms with van der Waals surface area (Å²) in [4.78, 5) is 14.1. The maximum atomic E-state index is 12.8. The van der Waals surface area contributed by atoms with E-state index < -0.39 is 18.6 Å². The van der Waals surface area contributed by atoms with Crippen LogP contribution in [0.25, 0.3) is 22.3 Å². The number of carbonyl (C=O) groups is 1. The van der Waals surface area contributed by atoms with E-state index in [1.54, 1.807) is 10.7 Å². The molecule has 3 heterocycles. The van der Waals surface area contributed by atoms with Gasteiger partial charge in [0.2, 0.25) is 5.91 Å². The largest absolute Gasteiger partial charge is 0.456 e. The fourth-order valence-corrected chi connectivity index (χ4v) is 5.08. The Labute approximate surface area is 217 Å². The highest BCUT2D eigenvalue weighted by Gasteiger charge is 2.34. The molecule has 0 spiro atoms. The predicted molar refractivity (Wildman–Crippen MR) is 137 cm³/mol. The SMILES string of the molecule is Cc1cc(NC(=O)C2CCCN(CC(F)(F)F)C2)nn1Cc1cc(Cl)cc2cc(-c3ccccc3)oc12. The zero-order chi connectivity index (χ0) is 26.2. The van der Waals surface area contributed by atoms with Crippen LogP contribution in [-0.2, 0) is 11.3 Å². The normalized spacial score (nSPS) is 16.8. The molecule has 1 saturated heterocycles. The van der Waals surface area contributed by atoms with Crippen molar-refractivity contribution in [3.63, 3.8) is 0 Å². The second-order valence-electron chi connectivity index (χ2n) is 9.47. The Hall–Kier alpha value is -3.30. The molecule has 2 aromatic heterocycles. The van der Waals surface area contributed by atoms with Gasteiger partial charge in [0.25, 0.3) is 0 Å². The third kappa shape index (κ3) is 5.99. The Kier molecular flexibility index (Phi) is 7.00. The molecule has 1 aliphatic rings. The van der Waals surface area contributed by atoms with Crippen molar-refractivity contribution >= 4 is 34.3 Å². The molecule has 0 aliphatic carbocycles. The number of piperidine rings is 1. The van der Waals surface area contributed by atoms with E-state index in [1.165, 1.54) is 4.90 Å². The number of amides is 1. The predicted octanol–water partition coefficient (Wildman–Crippen LogP) is 6.52. The van der Waals surface area contributed by atoms with Crippen molar-refractivity contribution in [2.24, 2.45) is 5.92 Å². The number of nitrogens with one attached hydrogen (secondary N) is 1. The molecule has 2 aromatic carbocycles. The number of carbonyl (C=O) groups excluding carboxylic acids is 1. The van der Waals surface area contributed by atoms with Crippen molar-refractivity contribution < 1.29 is 22.4 Å². The number of likely N-dealkylation sites (tertiary alicyclic amines) is 1. The number of furan rings is 1. The first-order valence-electron chi connectivity index (χ1n) is 12.1. The summed E-state index contributed by atoms with van der Waals surface area (Å²) in [5.41, 5.74) is 3.30. The molecule has 10 heteroatoms. The zero-order valence-corrected chi connectivity index (χ0v) is 20.9. The number of hydrogen-bond donors (Lipinski definition) is 1. The molecule has 1 unspecified atom stereocenters. The van der Waals surface area contributed by atoms with E-state index in [0.29, 0.717) is 42.4 Å². The molecule has 1 fully saturated rings. The molecule has 1 amide bonds. The number of hydrogen-bond acceptors (Lipinski definition) is 4. The number of anilines is 1. The number of fused-ring (bicyclic) bond motifs is 1. The molecule has 5 rings (SSSR count). The van der Waals surface area contributed by atoms with Crippen LogP contribution in [0.4, 0.5) is 19.0 Å². The van der Waals surface area contributed by atoms with E-state index in [-0.39, 0.29) is 12.5 Å². The molecule has 1 N–H and O–H groups in total. The number of aryl methyl sites for hydroxylation is 1. The molecular formula is C27H26ClF3N4O2. The molecule has 1 aliphatic heterocycles. The molecular weight excluding hydrogens is 505 g/mol. The van der Waals surface area contributed by atoms with E-state index in [2.05, 4.69) is 10.4 Å². The van der Waals surface area contributed by atoms with E-state index in [1.807, 2.05) is 55.5 Å². The van der Waals surface area contributed by atoms with Crippen molar-refractivity contribution in [2.45, 2.75) is 32.5 Å². The van der Waals surface area contributed by atoms with Gasteiger partial charge in [0, 0.05) is 39.8 Å². The monoisotopic (exact) mass is 530 g/mol. The topological polar surface area (TPSA) is 63.3 Å². The van der Waals surface area contributed by atoms with E-state index in [0.717, 1.165) is 28.0 Å². The Morgan fingerprint density at radius 1 is 1.19 bits per heavy atom. The molecule has 6 nitrogen and oxygen atoms in total. The minimum absolute atomic E-state index is 0.0772. The summed E-state index contributed by atoms with van der Waals surface area (Å²) in [6.45, 7) is 1.64. The lowest BCUT2D eigenvalue weighted by atomic mass is 9.97. The fraction of sp³-hybridized carbons (Fsp3) is 0.333. The molecule has 194 valence electrons. The molecule has 4 aromatic rings. The lowest BCUT2D eigenvalue weighted by Crippen LogP contribution is -2.44. The lowest BCUT2D eigenvalue weighted by molar-refractivity contribution is -0.151. The second kappa shape index (κ2) is 10.2. The third-order valence-corrected chi connectivity index (χ3v) is 6.77. The summed E-state index contributed by atoms with van der Waals surface area (Å²) in [7, 11) is 0. The fourth-order valence-electron chi connectivity index (χ4n) is 4.84. The standard InChI is InChI=1S/C27H26ClF3N4O2/c1-17-10-24(32-26(36)19-8-5-9-34(14-19)16-27(29,30)31)33-35(17)15-21-12-22(28)11-20-13-23(37-25(20)21)18-6-3-2-4-7-18/h2-4,6-7,10-13,19H,5,8-9,14-16H2,1H3,(H,32,33,36). The van der Waals surface area contributed by atoms with Gasteiger partial charge >= 0.3 is 6.18 Å². The number of nitrogens with zero attached hydrogens (tertiary/aromatic N) is 3. The highest BCUT2D eigenvalue weighted by Crippen LogP contribution is 2.33. The maximum absolute atomic E-state index is 12.8. The Morgan fingerprint density at radius 3 is 2.73 bits per heavy atom. The van der Waals surface area contributed by atoms with Crippen molar-refractivity contribution in [3.05, 3.63) is 70.9 Å². The van der Waals surface area contributed by atoms with Gasteiger partial charge in [0.1, 0.15) is 11.3 Å². The Morgan fingerprint density at radius 2 is 1.97 bits per heavy atom. The smallest absolute Gasteiger partial charge is 0.401 e. The highest BCUT2D eigenvalue weighted by atomic mass is 35.5. The average molecular weight is 531 g/mol. The van der Waals surface area contributed by atoms with Gasteiger partial charge in [-0.3, -0.25) is 14.4 Å². The quantitative estimate of drug-likeness (QED) is 0.308. The number of benzene rings is 2. The van der Waals surface area contributed by atoms with Gasteiger partial charge in [-0.15, -0.1) is 0 Å². The Balaban J connectivity index is 1.32. The number of alkyl halides is 3. The average Bonchev–Trinajstić information content (AvgIpc) is 3.42. The van der Waals surface area contributed by atoms with Gasteiger partial charge in [-0.2, -0.15) is 18.3 Å². The van der Waals surface area contributed by atoms with Crippen LogP contribution in [0.5, 0.6) is 0 Å². The number of aromatic nitrogens is 2. The van der Waals surface area contributed by atoms with Crippen LogP contribution in [0.2, 0.25) is 5.02 Å². The van der Waals surface area contributed by atoms with Gasteiger partial charge in [-0.1, -0.05) is 41.9 Å². The van der Waals surface area contributed by atoms with Crippen molar-refractivity contribution in [1.82, 2.24) is 14.7 Å². The summed E-state index contributed by atoms with van der Waals surface area (Å²) < 4.78 is 46.3. The minimum atomic E-state index is -4.28. The van der Waals surface area contributed by atoms with Crippen LogP contribution in [0, 0.1) is 12.8 Å². The van der Waals surface area contributed by atoms with Crippen molar-refractivity contribution in [2.75, 3.05) is 25.0 Å². The summed E-state index contributed by atoms with van der Waals surface area (Å²) in [6.07, 6.45) is -3.20. The van der Waals surface area contributed by atoms with E-state index in [9.17, 15) is 18.0 Å². The van der Waals surface area contributed by atoms with E-state index >= 15 is 0 Å². The van der Waals surface area contributed by atoms with Gasteiger partial charge in [0.05, 0.1) is 19.0 Å². The van der Waals surface area contributed by atoms with Gasteiger partial charge in [-0.05, 0) is 44.5 Å². The number of rotatable bonds is 6. The third-order valence-electron chi connectivity index (χ3n) is 6.55. The van der Waals surface area contributed by atoms with Crippen LogP contribution in [0.3, 0.4) is 0 Å². The summed E-state index contributed by atoms with van der Waals surface area (Å²) >= 11 is 6.39. The summed E-state index contributed by atoms with van der Waals surface area (Å²) in [6, 6.07) is 17.2. The van der Waals surface area contributed by atoms with Crippen LogP contribution >= 0.6 is 11.6 Å². The molecule has 0 bridgehead atoms. The first-order valence-corrected chi connectivity index (χ1v) is 12.4. The minimum Gasteiger partial charge on any atom is -0.456 e. The van der Waals surface area contributed by atoms with Crippen LogP contribution in [-0.4, -0.2) is 46.4 Å². The maximum Gasteiger partial charge on any atom is 0.401 e. The molecule has 1 atom stereocenters. The second-order valence-corrected chi connectivity index (χ2v) is 9.90. The van der Waals surface area contributed by atoms with Gasteiger partial charge in [0.15, 0.2) is 5.82 Å². The highest BCUT2D eigenvalue weighted by molar-refractivity contribution is 6.31. The van der Waals surface area contributed by atoms with Crippen molar-refractivity contribution in [1.29, 1.82) is 0 Å². The zero-order valence-electron chi connectivity index (χ0n) is 20.2. The van der Waals surface area contributed by atoms with Crippen molar-refractivity contribution in [3.8, 4) is 11.3 Å². The lowest BCUT2D eigenvalue weighted by Gasteiger charge is -2.32. The number of halogens is 4. The first kappa shape index (κ1) is 25.4. The molecule has 0 saturated carbocycles. The van der Waals surface area contributed by atoms with Gasteiger partial charge in [-0.25, -0.2) is 0 Å². The van der Waals surface area contributed by atoms with Crippen LogP contribution < -0.4 is 5.32 Å². The molecule has 37 heavy (non-hydrogen) atoms. The van der Waals surface area contributed by atoms with Crippen LogP contribution in [0.15, 0.2) is 59.0 Å². The summed E-state index contributed by atoms with van der Waals surface area (Å²) in [5, 5.41) is 8.76. The van der Waals surface area contributed by atoms with Crippen LogP contribution in [0.1, 0.15) is 24.1 Å². The van der Waals surface area contributed by atoms with E-state index in [4.69, 9.17) is 16.0 Å². The Bertz CT molecular complexity index is 1410. The summed E-state index contributed by atoms with van der Waals surface area (Å²) in [5.74, 6) is 0.253. The van der Waals surface area contributed by atoms with Gasteiger partial charge < -0.3 is 9.73 Å².